The molecule has 2 rings (SSSR count). The highest BCUT2D eigenvalue weighted by Crippen LogP contribution is 2.30. The number of hydrogen-bond acceptors (Lipinski definition) is 2. The number of likely N-dealkylation sites (tertiary alicyclic amines) is 1. The Morgan fingerprint density at radius 1 is 1.35 bits per heavy atom. The normalized spacial score (nSPS) is 20.2. The second kappa shape index (κ2) is 6.93. The fraction of sp³-hybridized carbons (Fsp3) is 0.647. The lowest BCUT2D eigenvalue weighted by atomic mass is 9.93. The van der Waals surface area contributed by atoms with Crippen molar-refractivity contribution in [3.63, 3.8) is 0 Å². The fourth-order valence-electron chi connectivity index (χ4n) is 3.10. The Bertz CT molecular complexity index is 431. The van der Waals surface area contributed by atoms with Crippen molar-refractivity contribution in [1.82, 2.24) is 10.2 Å². The highest BCUT2D eigenvalue weighted by molar-refractivity contribution is 6.31. The predicted octanol–water partition coefficient (Wildman–Crippen LogP) is 4.11. The van der Waals surface area contributed by atoms with E-state index in [1.54, 1.807) is 0 Å². The molecule has 1 unspecified atom stereocenters. The van der Waals surface area contributed by atoms with E-state index in [9.17, 15) is 0 Å². The average molecular weight is 295 g/mol. The van der Waals surface area contributed by atoms with Gasteiger partial charge in [-0.3, -0.25) is 0 Å². The van der Waals surface area contributed by atoms with Crippen molar-refractivity contribution in [2.45, 2.75) is 39.7 Å². The molecule has 0 radical (unpaired) electrons. The van der Waals surface area contributed by atoms with Crippen LogP contribution in [0.4, 0.5) is 0 Å². The third-order valence-electron chi connectivity index (χ3n) is 4.22. The van der Waals surface area contributed by atoms with Crippen LogP contribution in [0.15, 0.2) is 24.3 Å². The zero-order chi connectivity index (χ0) is 14.6. The summed E-state index contributed by atoms with van der Waals surface area (Å²) < 4.78 is 0. The summed E-state index contributed by atoms with van der Waals surface area (Å²) in [4.78, 5) is 2.58. The van der Waals surface area contributed by atoms with E-state index >= 15 is 0 Å². The summed E-state index contributed by atoms with van der Waals surface area (Å²) >= 11 is 6.34. The second-order valence-corrected chi connectivity index (χ2v) is 7.02. The molecule has 1 aliphatic rings. The molecule has 0 bridgehead atoms. The molecule has 0 saturated carbocycles. The maximum Gasteiger partial charge on any atom is 0.0453 e. The Morgan fingerprint density at radius 2 is 2.10 bits per heavy atom. The smallest absolute Gasteiger partial charge is 0.0453 e. The van der Waals surface area contributed by atoms with Crippen molar-refractivity contribution in [3.05, 3.63) is 34.9 Å². The molecule has 112 valence electrons. The van der Waals surface area contributed by atoms with Crippen molar-refractivity contribution in [2.24, 2.45) is 5.41 Å². The quantitative estimate of drug-likeness (QED) is 0.849. The third kappa shape index (κ3) is 4.21. The van der Waals surface area contributed by atoms with Gasteiger partial charge in [-0.2, -0.15) is 0 Å². The summed E-state index contributed by atoms with van der Waals surface area (Å²) in [6.45, 7) is 11.4. The van der Waals surface area contributed by atoms with Crippen LogP contribution in [0.1, 0.15) is 45.2 Å². The summed E-state index contributed by atoms with van der Waals surface area (Å²) in [6.07, 6.45) is 2.43. The molecule has 0 aromatic heterocycles. The van der Waals surface area contributed by atoms with Gasteiger partial charge in [-0.05, 0) is 49.5 Å². The Kier molecular flexibility index (Phi) is 5.48. The van der Waals surface area contributed by atoms with Gasteiger partial charge in [0.15, 0.2) is 0 Å². The fourth-order valence-corrected chi connectivity index (χ4v) is 3.37. The lowest BCUT2D eigenvalue weighted by Crippen LogP contribution is -2.29. The number of hydrogen-bond donors (Lipinski definition) is 1. The van der Waals surface area contributed by atoms with Crippen LogP contribution >= 0.6 is 11.6 Å². The van der Waals surface area contributed by atoms with Crippen LogP contribution in [0.25, 0.3) is 0 Å². The van der Waals surface area contributed by atoms with Crippen LogP contribution in [0.2, 0.25) is 5.02 Å². The highest BCUT2D eigenvalue weighted by Gasteiger charge is 2.29. The largest absolute Gasteiger partial charge is 0.310 e. The first-order valence-electron chi connectivity index (χ1n) is 7.72. The van der Waals surface area contributed by atoms with Gasteiger partial charge < -0.3 is 10.2 Å². The van der Waals surface area contributed by atoms with E-state index in [-0.39, 0.29) is 0 Å². The standard InChI is InChI=1S/C17H27ClN2/c1-4-19-16(14-7-5-6-8-15(14)18)9-11-20-12-10-17(2,3)13-20/h5-8,16,19H,4,9-13H2,1-3H3. The van der Waals surface area contributed by atoms with Crippen LogP contribution in [-0.2, 0) is 0 Å². The van der Waals surface area contributed by atoms with Crippen LogP contribution in [0.5, 0.6) is 0 Å². The predicted molar refractivity (Wildman–Crippen MR) is 87.3 cm³/mol. The molecule has 1 aromatic carbocycles. The van der Waals surface area contributed by atoms with E-state index in [4.69, 9.17) is 11.6 Å². The molecule has 0 aliphatic carbocycles. The lowest BCUT2D eigenvalue weighted by Gasteiger charge is -2.24. The monoisotopic (exact) mass is 294 g/mol. The average Bonchev–Trinajstić information content (AvgIpc) is 2.75. The summed E-state index contributed by atoms with van der Waals surface area (Å²) in [6, 6.07) is 8.56. The molecule has 1 fully saturated rings. The molecule has 1 aliphatic heterocycles. The molecule has 1 saturated heterocycles. The minimum absolute atomic E-state index is 0.359. The van der Waals surface area contributed by atoms with Crippen molar-refractivity contribution in [2.75, 3.05) is 26.2 Å². The van der Waals surface area contributed by atoms with E-state index in [2.05, 4.69) is 43.1 Å². The zero-order valence-corrected chi connectivity index (χ0v) is 13.7. The summed E-state index contributed by atoms with van der Waals surface area (Å²) in [5.41, 5.74) is 1.72. The van der Waals surface area contributed by atoms with Crippen molar-refractivity contribution >= 4 is 11.6 Å². The van der Waals surface area contributed by atoms with Gasteiger partial charge in [0.25, 0.3) is 0 Å². The third-order valence-corrected chi connectivity index (χ3v) is 4.57. The van der Waals surface area contributed by atoms with Crippen LogP contribution < -0.4 is 5.32 Å². The first-order valence-corrected chi connectivity index (χ1v) is 8.10. The van der Waals surface area contributed by atoms with Crippen LogP contribution in [0, 0.1) is 5.41 Å². The molecular formula is C17H27ClN2. The minimum Gasteiger partial charge on any atom is -0.310 e. The number of nitrogens with one attached hydrogen (secondary N) is 1. The summed E-state index contributed by atoms with van der Waals surface area (Å²) in [5.74, 6) is 0. The zero-order valence-electron chi connectivity index (χ0n) is 13.0. The second-order valence-electron chi connectivity index (χ2n) is 6.61. The summed E-state index contributed by atoms with van der Waals surface area (Å²) in [5, 5.41) is 4.45. The molecule has 1 aromatic rings. The molecule has 1 heterocycles. The maximum absolute atomic E-state index is 6.34. The van der Waals surface area contributed by atoms with E-state index in [0.29, 0.717) is 11.5 Å². The Morgan fingerprint density at radius 3 is 2.70 bits per heavy atom. The van der Waals surface area contributed by atoms with Crippen molar-refractivity contribution in [3.8, 4) is 0 Å². The van der Waals surface area contributed by atoms with Crippen molar-refractivity contribution < 1.29 is 0 Å². The molecule has 1 N–H and O–H groups in total. The van der Waals surface area contributed by atoms with Gasteiger partial charge >= 0.3 is 0 Å². The van der Waals surface area contributed by atoms with Crippen molar-refractivity contribution in [1.29, 1.82) is 0 Å². The molecule has 2 nitrogen and oxygen atoms in total. The molecule has 1 atom stereocenters. The van der Waals surface area contributed by atoms with Crippen LogP contribution in [-0.4, -0.2) is 31.1 Å². The van der Waals surface area contributed by atoms with Gasteiger partial charge in [0, 0.05) is 17.6 Å². The van der Waals surface area contributed by atoms with Crippen LogP contribution in [0.3, 0.4) is 0 Å². The Labute approximate surface area is 128 Å². The van der Waals surface area contributed by atoms with Gasteiger partial charge in [0.2, 0.25) is 0 Å². The SMILES string of the molecule is CCNC(CCN1CCC(C)(C)C1)c1ccccc1Cl. The number of benzene rings is 1. The van der Waals surface area contributed by atoms with Gasteiger partial charge in [-0.1, -0.05) is 50.6 Å². The van der Waals surface area contributed by atoms with Gasteiger partial charge in [0.05, 0.1) is 0 Å². The molecule has 0 spiro atoms. The van der Waals surface area contributed by atoms with Gasteiger partial charge in [-0.15, -0.1) is 0 Å². The van der Waals surface area contributed by atoms with E-state index in [1.165, 1.54) is 25.1 Å². The minimum atomic E-state index is 0.359. The molecule has 20 heavy (non-hydrogen) atoms. The lowest BCUT2D eigenvalue weighted by molar-refractivity contribution is 0.275. The Hall–Kier alpha value is -0.570. The van der Waals surface area contributed by atoms with Gasteiger partial charge in [0.1, 0.15) is 0 Å². The first-order chi connectivity index (χ1) is 9.52. The van der Waals surface area contributed by atoms with E-state index in [1.807, 2.05) is 12.1 Å². The highest BCUT2D eigenvalue weighted by atomic mass is 35.5. The number of rotatable bonds is 6. The molecule has 3 heteroatoms. The summed E-state index contributed by atoms with van der Waals surface area (Å²) in [7, 11) is 0. The van der Waals surface area contributed by atoms with Gasteiger partial charge in [-0.25, -0.2) is 0 Å². The topological polar surface area (TPSA) is 15.3 Å². The molecular weight excluding hydrogens is 268 g/mol. The first kappa shape index (κ1) is 15.8. The Balaban J connectivity index is 1.95. The maximum atomic E-state index is 6.34. The number of nitrogens with zero attached hydrogens (tertiary/aromatic N) is 1. The molecule has 0 amide bonds. The number of halogens is 1. The van der Waals surface area contributed by atoms with E-state index in [0.717, 1.165) is 24.5 Å². The van der Waals surface area contributed by atoms with E-state index < -0.39 is 0 Å².